The number of nitrogens with zero attached hydrogens (tertiary/aromatic N) is 6. The Kier molecular flexibility index (Phi) is 7.65. The van der Waals surface area contributed by atoms with Crippen molar-refractivity contribution in [2.45, 2.75) is 34.2 Å². The first-order valence-corrected chi connectivity index (χ1v) is 12.6. The van der Waals surface area contributed by atoms with Crippen molar-refractivity contribution in [1.29, 1.82) is 0 Å². The van der Waals surface area contributed by atoms with Gasteiger partial charge in [-0.2, -0.15) is 10.1 Å². The van der Waals surface area contributed by atoms with Gasteiger partial charge in [-0.1, -0.05) is 25.4 Å². The molecule has 3 aromatic rings. The van der Waals surface area contributed by atoms with Crippen molar-refractivity contribution in [2.24, 2.45) is 7.05 Å². The second kappa shape index (κ2) is 10.7. The Balaban J connectivity index is 1.64. The number of amides is 2. The first-order chi connectivity index (χ1) is 17.7. The van der Waals surface area contributed by atoms with E-state index in [1.54, 1.807) is 23.2 Å². The molecule has 0 unspecified atom stereocenters. The van der Waals surface area contributed by atoms with Crippen LogP contribution in [0.2, 0.25) is 5.15 Å². The van der Waals surface area contributed by atoms with Crippen LogP contribution in [0.3, 0.4) is 0 Å². The molecule has 0 aromatic carbocycles. The Morgan fingerprint density at radius 2 is 2.00 bits per heavy atom. The van der Waals surface area contributed by atoms with E-state index in [2.05, 4.69) is 44.1 Å². The van der Waals surface area contributed by atoms with Gasteiger partial charge in [-0.05, 0) is 38.6 Å². The van der Waals surface area contributed by atoms with Crippen LogP contribution in [-0.4, -0.2) is 67.6 Å². The summed E-state index contributed by atoms with van der Waals surface area (Å²) in [6, 6.07) is 0. The lowest BCUT2D eigenvalue weighted by Crippen LogP contribution is -2.34. The van der Waals surface area contributed by atoms with Crippen LogP contribution in [0.4, 0.5) is 11.8 Å². The predicted molar refractivity (Wildman–Crippen MR) is 144 cm³/mol. The van der Waals surface area contributed by atoms with Gasteiger partial charge in [-0.3, -0.25) is 19.2 Å². The largest absolute Gasteiger partial charge is 0.368 e. The number of H-pyrrole nitrogens is 1. The molecule has 0 bridgehead atoms. The highest BCUT2D eigenvalue weighted by Crippen LogP contribution is 2.41. The molecule has 1 aliphatic rings. The molecular weight excluding hydrogens is 494 g/mol. The number of aromatic nitrogens is 5. The van der Waals surface area contributed by atoms with E-state index >= 15 is 0 Å². The van der Waals surface area contributed by atoms with Gasteiger partial charge in [0.25, 0.3) is 11.8 Å². The lowest BCUT2D eigenvalue weighted by Gasteiger charge is -2.17. The highest BCUT2D eigenvalue weighted by molar-refractivity contribution is 6.41. The van der Waals surface area contributed by atoms with Gasteiger partial charge in [0.15, 0.2) is 5.82 Å². The lowest BCUT2D eigenvalue weighted by atomic mass is 10.1. The first kappa shape index (κ1) is 26.4. The van der Waals surface area contributed by atoms with Gasteiger partial charge < -0.3 is 20.9 Å². The number of aryl methyl sites for hydroxylation is 1. The summed E-state index contributed by atoms with van der Waals surface area (Å²) in [4.78, 5) is 41.7. The van der Waals surface area contributed by atoms with E-state index in [4.69, 9.17) is 17.3 Å². The van der Waals surface area contributed by atoms with Crippen molar-refractivity contribution in [3.63, 3.8) is 0 Å². The number of hydrogen-bond acceptors (Lipinski definition) is 7. The number of nitrogens with one attached hydrogen (secondary N) is 2. The van der Waals surface area contributed by atoms with Gasteiger partial charge in [0.2, 0.25) is 5.95 Å². The number of carbonyl (C=O) groups excluding carboxylic acids is 2. The summed E-state index contributed by atoms with van der Waals surface area (Å²) in [7, 11) is 1.84. The molecule has 37 heavy (non-hydrogen) atoms. The van der Waals surface area contributed by atoms with E-state index in [0.29, 0.717) is 34.8 Å². The minimum atomic E-state index is -0.292. The molecule has 4 N–H and O–H groups in total. The smallest absolute Gasteiger partial charge is 0.260 e. The number of nitrogens with two attached hydrogens (primary N) is 1. The topological polar surface area (TPSA) is 138 Å². The zero-order valence-corrected chi connectivity index (χ0v) is 22.5. The van der Waals surface area contributed by atoms with Crippen LogP contribution in [0, 0.1) is 13.8 Å². The number of rotatable bonds is 9. The molecule has 0 saturated carbocycles. The summed E-state index contributed by atoms with van der Waals surface area (Å²) in [6.45, 7) is 11.4. The standard InChI is InChI=1S/C25H32ClN9O2/c1-6-34(7-2)9-8-28-23(36)18-12-29-19(14(18)3)10-17-20-21(26)31-25(27)32-22(20)35(24(17)37)13-16-11-30-33(5)15(16)4/h10-12,29H,6-9,13H2,1-5H3,(H,28,36)(H2,27,31,32)/b17-10+. The molecule has 0 atom stereocenters. The summed E-state index contributed by atoms with van der Waals surface area (Å²) in [6.07, 6.45) is 5.05. The molecule has 4 rings (SSSR count). The minimum Gasteiger partial charge on any atom is -0.368 e. The third kappa shape index (κ3) is 5.09. The molecule has 0 spiro atoms. The van der Waals surface area contributed by atoms with E-state index in [1.807, 2.05) is 20.9 Å². The summed E-state index contributed by atoms with van der Waals surface area (Å²) >= 11 is 6.46. The van der Waals surface area contributed by atoms with Crippen LogP contribution in [0.1, 0.15) is 52.3 Å². The Bertz CT molecular complexity index is 1370. The molecule has 0 radical (unpaired) electrons. The van der Waals surface area contributed by atoms with Crippen LogP contribution in [-0.2, 0) is 18.4 Å². The number of likely N-dealkylation sites (N-methyl/N-ethyl adjacent to an activating group) is 1. The van der Waals surface area contributed by atoms with Crippen molar-refractivity contribution >= 4 is 46.8 Å². The number of halogens is 1. The fourth-order valence-electron chi connectivity index (χ4n) is 4.37. The third-order valence-electron chi connectivity index (χ3n) is 6.85. The summed E-state index contributed by atoms with van der Waals surface area (Å²) in [5, 5.41) is 7.32. The highest BCUT2D eigenvalue weighted by atomic mass is 35.5. The van der Waals surface area contributed by atoms with Crippen LogP contribution in [0.25, 0.3) is 11.6 Å². The normalized spacial score (nSPS) is 14.2. The molecule has 11 nitrogen and oxygen atoms in total. The molecule has 3 aromatic heterocycles. The Morgan fingerprint density at radius 3 is 2.65 bits per heavy atom. The number of nitrogen functional groups attached to an aromatic ring is 1. The second-order valence-corrected chi connectivity index (χ2v) is 9.28. The van der Waals surface area contributed by atoms with E-state index < -0.39 is 0 Å². The number of carbonyl (C=O) groups is 2. The first-order valence-electron chi connectivity index (χ1n) is 12.2. The molecule has 2 amide bonds. The SMILES string of the molecule is CCN(CC)CCNC(=O)c1c[nH]c(/C=C2/C(=O)N(Cc3cnn(C)c3C)c3nc(N)nc(Cl)c32)c1C. The molecule has 0 fully saturated rings. The average molecular weight is 526 g/mol. The van der Waals surface area contributed by atoms with Gasteiger partial charge in [-0.15, -0.1) is 0 Å². The lowest BCUT2D eigenvalue weighted by molar-refractivity contribution is -0.113. The molecule has 196 valence electrons. The van der Waals surface area contributed by atoms with Crippen LogP contribution < -0.4 is 16.0 Å². The fraction of sp³-hybridized carbons (Fsp3) is 0.400. The zero-order valence-electron chi connectivity index (χ0n) is 21.7. The number of anilines is 2. The predicted octanol–water partition coefficient (Wildman–Crippen LogP) is 2.55. The maximum Gasteiger partial charge on any atom is 0.260 e. The van der Waals surface area contributed by atoms with E-state index in [1.165, 1.54) is 4.90 Å². The van der Waals surface area contributed by atoms with Gasteiger partial charge in [0, 0.05) is 43.3 Å². The van der Waals surface area contributed by atoms with Gasteiger partial charge >= 0.3 is 0 Å². The van der Waals surface area contributed by atoms with Crippen molar-refractivity contribution < 1.29 is 9.59 Å². The summed E-state index contributed by atoms with van der Waals surface area (Å²) < 4.78 is 1.74. The van der Waals surface area contributed by atoms with E-state index in [9.17, 15) is 9.59 Å². The molecule has 1 aliphatic heterocycles. The van der Waals surface area contributed by atoms with E-state index in [-0.39, 0.29) is 29.5 Å². The fourth-order valence-corrected chi connectivity index (χ4v) is 4.64. The van der Waals surface area contributed by atoms with Crippen LogP contribution in [0.15, 0.2) is 12.4 Å². The maximum absolute atomic E-state index is 13.6. The third-order valence-corrected chi connectivity index (χ3v) is 7.12. The number of hydrogen-bond donors (Lipinski definition) is 3. The van der Waals surface area contributed by atoms with Gasteiger partial charge in [-0.25, -0.2) is 4.98 Å². The van der Waals surface area contributed by atoms with E-state index in [0.717, 1.165) is 36.5 Å². The number of aromatic amines is 1. The van der Waals surface area contributed by atoms with Crippen molar-refractivity contribution in [2.75, 3.05) is 36.8 Å². The van der Waals surface area contributed by atoms with Crippen LogP contribution in [0.5, 0.6) is 0 Å². The summed E-state index contributed by atoms with van der Waals surface area (Å²) in [5.74, 6) is -0.146. The van der Waals surface area contributed by atoms with Crippen LogP contribution >= 0.6 is 11.6 Å². The Labute approximate surface area is 220 Å². The molecule has 0 saturated heterocycles. The zero-order chi connectivity index (χ0) is 26.9. The van der Waals surface area contributed by atoms with Crippen molar-refractivity contribution in [3.8, 4) is 0 Å². The van der Waals surface area contributed by atoms with Gasteiger partial charge in [0.05, 0.1) is 29.4 Å². The monoisotopic (exact) mass is 525 g/mol. The molecule has 4 heterocycles. The maximum atomic E-state index is 13.6. The molecule has 0 aliphatic carbocycles. The Hall–Kier alpha value is -3.70. The van der Waals surface area contributed by atoms with Crippen molar-refractivity contribution in [3.05, 3.63) is 51.2 Å². The molecular formula is C25H32ClN9O2. The second-order valence-electron chi connectivity index (χ2n) is 8.92. The quantitative estimate of drug-likeness (QED) is 0.288. The van der Waals surface area contributed by atoms with Crippen molar-refractivity contribution in [1.82, 2.24) is 34.9 Å². The average Bonchev–Trinajstić information content (AvgIpc) is 3.47. The van der Waals surface area contributed by atoms with Gasteiger partial charge in [0.1, 0.15) is 5.15 Å². The Morgan fingerprint density at radius 1 is 1.27 bits per heavy atom. The minimum absolute atomic E-state index is 0.0227. The molecule has 12 heteroatoms. The number of fused-ring (bicyclic) bond motifs is 1. The summed E-state index contributed by atoms with van der Waals surface area (Å²) in [5.41, 5.74) is 10.2. The highest BCUT2D eigenvalue weighted by Gasteiger charge is 2.37.